The normalized spacial score (nSPS) is 16.4. The Morgan fingerprint density at radius 1 is 1.04 bits per heavy atom. The van der Waals surface area contributed by atoms with Crippen molar-refractivity contribution in [3.63, 3.8) is 0 Å². The molecule has 1 heterocycles. The predicted octanol–water partition coefficient (Wildman–Crippen LogP) is 3.76. The summed E-state index contributed by atoms with van der Waals surface area (Å²) in [6.07, 6.45) is 0. The van der Waals surface area contributed by atoms with Gasteiger partial charge in [0.05, 0.1) is 5.92 Å². The molecule has 1 atom stereocenters. The largest absolute Gasteiger partial charge is 0.508 e. The van der Waals surface area contributed by atoms with Crippen LogP contribution in [0, 0.1) is 11.3 Å². The minimum absolute atomic E-state index is 0.123. The zero-order valence-electron chi connectivity index (χ0n) is 12.7. The maximum absolute atomic E-state index is 9.92. The molecular weight excluding hydrogens is 300 g/mol. The first kappa shape index (κ1) is 14.2. The number of nitriles is 1. The molecule has 3 aromatic rings. The zero-order chi connectivity index (χ0) is 16.7. The predicted molar refractivity (Wildman–Crippen MR) is 91.4 cm³/mol. The highest BCUT2D eigenvalue weighted by Gasteiger charge is 2.32. The number of ether oxygens (including phenoxy) is 1. The van der Waals surface area contributed by atoms with Crippen molar-refractivity contribution in [2.75, 3.05) is 0 Å². The van der Waals surface area contributed by atoms with E-state index in [0.29, 0.717) is 11.3 Å². The van der Waals surface area contributed by atoms with Gasteiger partial charge in [0.2, 0.25) is 5.88 Å². The summed E-state index contributed by atoms with van der Waals surface area (Å²) >= 11 is 0. The van der Waals surface area contributed by atoms with Crippen LogP contribution in [-0.2, 0) is 0 Å². The van der Waals surface area contributed by atoms with Crippen LogP contribution in [0.2, 0.25) is 0 Å². The van der Waals surface area contributed by atoms with E-state index in [1.165, 1.54) is 0 Å². The van der Waals surface area contributed by atoms with Crippen molar-refractivity contribution < 1.29 is 9.84 Å². The third-order valence-electron chi connectivity index (χ3n) is 4.32. The van der Waals surface area contributed by atoms with Crippen LogP contribution >= 0.6 is 0 Å². The molecule has 24 heavy (non-hydrogen) atoms. The van der Waals surface area contributed by atoms with Gasteiger partial charge in [0.25, 0.3) is 0 Å². The Labute approximate surface area is 139 Å². The highest BCUT2D eigenvalue weighted by molar-refractivity contribution is 5.91. The average Bonchev–Trinajstić information content (AvgIpc) is 2.61. The zero-order valence-corrected chi connectivity index (χ0v) is 12.7. The average molecular weight is 314 g/mol. The summed E-state index contributed by atoms with van der Waals surface area (Å²) in [5.74, 6) is 0.575. The molecule has 0 saturated heterocycles. The number of allylic oxidation sites excluding steroid dienone is 1. The molecule has 0 radical (unpaired) electrons. The van der Waals surface area contributed by atoms with E-state index in [9.17, 15) is 10.4 Å². The van der Waals surface area contributed by atoms with E-state index in [-0.39, 0.29) is 17.6 Å². The first-order valence-corrected chi connectivity index (χ1v) is 7.57. The molecular formula is C20H14N2O2. The van der Waals surface area contributed by atoms with Crippen LogP contribution in [0.25, 0.3) is 10.8 Å². The van der Waals surface area contributed by atoms with Crippen LogP contribution in [-0.4, -0.2) is 5.11 Å². The summed E-state index contributed by atoms with van der Waals surface area (Å²) in [7, 11) is 0. The van der Waals surface area contributed by atoms with Gasteiger partial charge in [-0.15, -0.1) is 0 Å². The van der Waals surface area contributed by atoms with E-state index in [1.807, 2.05) is 48.5 Å². The fourth-order valence-corrected chi connectivity index (χ4v) is 3.26. The van der Waals surface area contributed by atoms with Gasteiger partial charge in [-0.1, -0.05) is 42.5 Å². The second-order valence-electron chi connectivity index (χ2n) is 5.72. The van der Waals surface area contributed by atoms with Crippen LogP contribution in [0.4, 0.5) is 0 Å². The molecule has 3 aromatic carbocycles. The number of rotatable bonds is 1. The topological polar surface area (TPSA) is 79.3 Å². The van der Waals surface area contributed by atoms with E-state index in [4.69, 9.17) is 10.5 Å². The maximum Gasteiger partial charge on any atom is 0.205 e. The fourth-order valence-electron chi connectivity index (χ4n) is 3.26. The molecule has 0 aliphatic carbocycles. The number of benzene rings is 3. The number of phenolic OH excluding ortho intramolecular Hbond substituents is 1. The Morgan fingerprint density at radius 3 is 2.54 bits per heavy atom. The van der Waals surface area contributed by atoms with E-state index in [2.05, 4.69) is 6.07 Å². The second kappa shape index (κ2) is 5.32. The van der Waals surface area contributed by atoms with Crippen molar-refractivity contribution in [1.29, 1.82) is 5.26 Å². The van der Waals surface area contributed by atoms with Gasteiger partial charge in [-0.3, -0.25) is 0 Å². The Bertz CT molecular complexity index is 1020. The van der Waals surface area contributed by atoms with Gasteiger partial charge in [-0.25, -0.2) is 0 Å². The molecule has 0 saturated carbocycles. The van der Waals surface area contributed by atoms with Gasteiger partial charge in [0.1, 0.15) is 23.1 Å². The Hall–Kier alpha value is -3.45. The second-order valence-corrected chi connectivity index (χ2v) is 5.72. The van der Waals surface area contributed by atoms with Gasteiger partial charge < -0.3 is 15.6 Å². The first-order chi connectivity index (χ1) is 11.7. The van der Waals surface area contributed by atoms with Crippen molar-refractivity contribution in [2.24, 2.45) is 5.73 Å². The number of fused-ring (bicyclic) bond motifs is 3. The van der Waals surface area contributed by atoms with Crippen molar-refractivity contribution in [2.45, 2.75) is 5.92 Å². The number of aromatic hydroxyl groups is 1. The summed E-state index contributed by atoms with van der Waals surface area (Å²) in [5, 5.41) is 21.4. The lowest BCUT2D eigenvalue weighted by molar-refractivity contribution is 0.395. The SMILES string of the molecule is N#CC1=C(N)Oc2ccc3ccc(O)cc3c2[C@@H]1c1ccccc1. The van der Waals surface area contributed by atoms with Gasteiger partial charge in [0, 0.05) is 5.56 Å². The molecule has 4 heteroatoms. The lowest BCUT2D eigenvalue weighted by atomic mass is 9.81. The lowest BCUT2D eigenvalue weighted by Gasteiger charge is -2.27. The van der Waals surface area contributed by atoms with Gasteiger partial charge in [-0.2, -0.15) is 5.26 Å². The van der Waals surface area contributed by atoms with E-state index < -0.39 is 0 Å². The summed E-state index contributed by atoms with van der Waals surface area (Å²) < 4.78 is 5.69. The standard InChI is InChI=1S/C20H14N2O2/c21-11-16-18(13-4-2-1-3-5-13)19-15-10-14(23)8-6-12(15)7-9-17(19)24-20(16)22/h1-10,18,23H,22H2/t18-/m1/s1. The highest BCUT2D eigenvalue weighted by atomic mass is 16.5. The van der Waals surface area contributed by atoms with E-state index >= 15 is 0 Å². The van der Waals surface area contributed by atoms with Crippen LogP contribution in [0.5, 0.6) is 11.5 Å². The number of nitrogens with two attached hydrogens (primary N) is 1. The van der Waals surface area contributed by atoms with Gasteiger partial charge in [-0.05, 0) is 34.5 Å². The smallest absolute Gasteiger partial charge is 0.205 e. The minimum atomic E-state index is -0.328. The number of nitrogens with zero attached hydrogens (tertiary/aromatic N) is 1. The molecule has 0 unspecified atom stereocenters. The molecule has 4 rings (SSSR count). The van der Waals surface area contributed by atoms with Crippen LogP contribution in [0.1, 0.15) is 17.0 Å². The molecule has 3 N–H and O–H groups in total. The van der Waals surface area contributed by atoms with E-state index in [1.54, 1.807) is 12.1 Å². The highest BCUT2D eigenvalue weighted by Crippen LogP contribution is 2.45. The van der Waals surface area contributed by atoms with Crippen molar-refractivity contribution in [3.05, 3.63) is 83.2 Å². The molecule has 0 bridgehead atoms. The molecule has 0 amide bonds. The number of phenols is 1. The monoisotopic (exact) mass is 314 g/mol. The maximum atomic E-state index is 9.92. The van der Waals surface area contributed by atoms with Crippen molar-refractivity contribution >= 4 is 10.8 Å². The molecule has 0 fully saturated rings. The quantitative estimate of drug-likeness (QED) is 0.716. The summed E-state index contributed by atoms with van der Waals surface area (Å²) in [4.78, 5) is 0. The first-order valence-electron chi connectivity index (χ1n) is 7.57. The van der Waals surface area contributed by atoms with Crippen LogP contribution in [0.3, 0.4) is 0 Å². The lowest BCUT2D eigenvalue weighted by Crippen LogP contribution is -2.21. The van der Waals surface area contributed by atoms with Crippen LogP contribution in [0.15, 0.2) is 72.1 Å². The Kier molecular flexibility index (Phi) is 3.14. The third-order valence-corrected chi connectivity index (χ3v) is 4.32. The van der Waals surface area contributed by atoms with Gasteiger partial charge in [0.15, 0.2) is 0 Å². The van der Waals surface area contributed by atoms with Gasteiger partial charge >= 0.3 is 0 Å². The van der Waals surface area contributed by atoms with Crippen LogP contribution < -0.4 is 10.5 Å². The summed E-state index contributed by atoms with van der Waals surface area (Å²) in [6, 6.07) is 20.9. The third kappa shape index (κ3) is 2.07. The minimum Gasteiger partial charge on any atom is -0.508 e. The summed E-state index contributed by atoms with van der Waals surface area (Å²) in [5.41, 5.74) is 8.17. The summed E-state index contributed by atoms with van der Waals surface area (Å²) in [6.45, 7) is 0. The van der Waals surface area contributed by atoms with Crippen molar-refractivity contribution in [3.8, 4) is 17.6 Å². The molecule has 116 valence electrons. The number of hydrogen-bond acceptors (Lipinski definition) is 4. The van der Waals surface area contributed by atoms with E-state index in [0.717, 1.165) is 21.9 Å². The Balaban J connectivity index is 2.09. The molecule has 0 aromatic heterocycles. The molecule has 4 nitrogen and oxygen atoms in total. The van der Waals surface area contributed by atoms with Crippen molar-refractivity contribution in [1.82, 2.24) is 0 Å². The number of hydrogen-bond donors (Lipinski definition) is 2. The molecule has 1 aliphatic rings. The molecule has 0 spiro atoms. The Morgan fingerprint density at radius 2 is 1.79 bits per heavy atom. The fraction of sp³-hybridized carbons (Fsp3) is 0.0500. The molecule has 1 aliphatic heterocycles.